The smallest absolute Gasteiger partial charge is 0.335 e. The Morgan fingerprint density at radius 2 is 1.74 bits per heavy atom. The predicted octanol–water partition coefficient (Wildman–Crippen LogP) is 6.00. The van der Waals surface area contributed by atoms with E-state index in [1.807, 2.05) is 31.2 Å². The van der Waals surface area contributed by atoms with Crippen LogP contribution in [0.3, 0.4) is 0 Å². The Balaban J connectivity index is 1.87. The molecule has 6 heteroatoms. The Morgan fingerprint density at radius 1 is 1.10 bits per heavy atom. The van der Waals surface area contributed by atoms with Gasteiger partial charge in [-0.2, -0.15) is 5.26 Å². The highest BCUT2D eigenvalue weighted by atomic mass is 35.5. The molecule has 0 aliphatic rings. The number of carboxylic acids is 1. The molecule has 156 valence electrons. The van der Waals surface area contributed by atoms with Crippen molar-refractivity contribution in [2.24, 2.45) is 0 Å². The summed E-state index contributed by atoms with van der Waals surface area (Å²) in [5, 5.41) is 19.0. The number of aromatic carboxylic acids is 1. The molecule has 0 heterocycles. The van der Waals surface area contributed by atoms with Gasteiger partial charge in [0.05, 0.1) is 29.3 Å². The lowest BCUT2D eigenvalue weighted by Gasteiger charge is -2.14. The maximum absolute atomic E-state index is 11.0. The molecule has 0 saturated carbocycles. The lowest BCUT2D eigenvalue weighted by molar-refractivity contribution is 0.0697. The molecule has 0 bridgehead atoms. The Hall–Kier alpha value is -3.75. The number of rotatable bonds is 7. The molecule has 31 heavy (non-hydrogen) atoms. The van der Waals surface area contributed by atoms with Crippen LogP contribution in [-0.2, 0) is 6.61 Å². The summed E-state index contributed by atoms with van der Waals surface area (Å²) >= 11 is 6.45. The van der Waals surface area contributed by atoms with Gasteiger partial charge in [0.25, 0.3) is 0 Å². The van der Waals surface area contributed by atoms with E-state index in [4.69, 9.17) is 26.2 Å². The van der Waals surface area contributed by atoms with Crippen molar-refractivity contribution in [2.75, 3.05) is 7.11 Å². The van der Waals surface area contributed by atoms with Crippen LogP contribution in [0.25, 0.3) is 11.6 Å². The molecule has 0 amide bonds. The molecular weight excluding hydrogens is 414 g/mol. The second kappa shape index (κ2) is 9.84. The summed E-state index contributed by atoms with van der Waals surface area (Å²) in [5.74, 6) is -0.151. The molecule has 0 fully saturated rings. The van der Waals surface area contributed by atoms with Gasteiger partial charge in [-0.1, -0.05) is 53.6 Å². The molecule has 0 radical (unpaired) electrons. The fourth-order valence-electron chi connectivity index (χ4n) is 2.94. The highest BCUT2D eigenvalue weighted by molar-refractivity contribution is 6.32. The minimum atomic E-state index is -1.02. The van der Waals surface area contributed by atoms with Crippen molar-refractivity contribution in [1.29, 1.82) is 5.26 Å². The van der Waals surface area contributed by atoms with Crippen LogP contribution in [0.4, 0.5) is 0 Å². The highest BCUT2D eigenvalue weighted by Gasteiger charge is 2.13. The number of hydrogen-bond acceptors (Lipinski definition) is 4. The number of carboxylic acid groups (broad SMARTS) is 1. The second-order valence-electron chi connectivity index (χ2n) is 6.86. The summed E-state index contributed by atoms with van der Waals surface area (Å²) in [5.41, 5.74) is 3.94. The van der Waals surface area contributed by atoms with E-state index >= 15 is 0 Å². The molecule has 0 unspecified atom stereocenters. The Morgan fingerprint density at radius 3 is 2.32 bits per heavy atom. The molecular formula is C25H20ClNO4. The van der Waals surface area contributed by atoms with E-state index in [1.165, 1.54) is 24.8 Å². The standard InChI is InChI=1S/C25H20ClNO4/c1-16-3-5-17(6-4-16)15-31-24-22(26)12-18(13-23(24)30-2)11-21(14-27)19-7-9-20(10-8-19)25(28)29/h3-13H,15H2,1-2H3,(H,28,29)/b21-11-. The molecule has 3 rings (SSSR count). The van der Waals surface area contributed by atoms with Gasteiger partial charge in [0.1, 0.15) is 6.61 Å². The fourth-order valence-corrected chi connectivity index (χ4v) is 3.22. The number of ether oxygens (including phenoxy) is 2. The van der Waals surface area contributed by atoms with Gasteiger partial charge in [-0.15, -0.1) is 0 Å². The van der Waals surface area contributed by atoms with E-state index in [0.29, 0.717) is 39.8 Å². The maximum Gasteiger partial charge on any atom is 0.335 e. The van der Waals surface area contributed by atoms with Crippen LogP contribution in [0.2, 0.25) is 5.02 Å². The third-order valence-electron chi connectivity index (χ3n) is 4.63. The van der Waals surface area contributed by atoms with Crippen LogP contribution in [-0.4, -0.2) is 18.2 Å². The molecule has 0 spiro atoms. The number of carbonyl (C=O) groups is 1. The van der Waals surface area contributed by atoms with Gasteiger partial charge >= 0.3 is 5.97 Å². The first-order valence-corrected chi connectivity index (χ1v) is 9.80. The van der Waals surface area contributed by atoms with Crippen LogP contribution in [0, 0.1) is 18.3 Å². The Labute approximate surface area is 185 Å². The van der Waals surface area contributed by atoms with Gasteiger partial charge in [-0.25, -0.2) is 4.79 Å². The van der Waals surface area contributed by atoms with Gasteiger partial charge in [-0.3, -0.25) is 0 Å². The summed E-state index contributed by atoms with van der Waals surface area (Å²) in [6, 6.07) is 19.7. The van der Waals surface area contributed by atoms with E-state index in [1.54, 1.807) is 30.3 Å². The van der Waals surface area contributed by atoms with Crippen molar-refractivity contribution in [3.63, 3.8) is 0 Å². The van der Waals surface area contributed by atoms with Crippen molar-refractivity contribution in [3.8, 4) is 17.6 Å². The first-order valence-electron chi connectivity index (χ1n) is 9.42. The molecule has 0 aliphatic heterocycles. The van der Waals surface area contributed by atoms with Gasteiger partial charge in [0.15, 0.2) is 11.5 Å². The summed E-state index contributed by atoms with van der Waals surface area (Å²) in [6.07, 6.45) is 1.66. The Bertz CT molecular complexity index is 1160. The highest BCUT2D eigenvalue weighted by Crippen LogP contribution is 2.38. The first-order chi connectivity index (χ1) is 14.9. The monoisotopic (exact) mass is 433 g/mol. The van der Waals surface area contributed by atoms with E-state index in [9.17, 15) is 10.1 Å². The van der Waals surface area contributed by atoms with Crippen LogP contribution < -0.4 is 9.47 Å². The van der Waals surface area contributed by atoms with Crippen molar-refractivity contribution in [1.82, 2.24) is 0 Å². The molecule has 0 aromatic heterocycles. The molecule has 0 saturated heterocycles. The summed E-state index contributed by atoms with van der Waals surface area (Å²) in [7, 11) is 1.52. The molecule has 5 nitrogen and oxygen atoms in total. The van der Waals surface area contributed by atoms with E-state index in [-0.39, 0.29) is 5.56 Å². The largest absolute Gasteiger partial charge is 0.493 e. The predicted molar refractivity (Wildman–Crippen MR) is 120 cm³/mol. The zero-order valence-corrected chi connectivity index (χ0v) is 17.8. The fraction of sp³-hybridized carbons (Fsp3) is 0.120. The quantitative estimate of drug-likeness (QED) is 0.365. The van der Waals surface area contributed by atoms with Crippen molar-refractivity contribution in [2.45, 2.75) is 13.5 Å². The first kappa shape index (κ1) is 21.9. The summed E-state index contributed by atoms with van der Waals surface area (Å²) < 4.78 is 11.3. The van der Waals surface area contributed by atoms with Gasteiger partial charge < -0.3 is 14.6 Å². The third kappa shape index (κ3) is 5.44. The summed E-state index contributed by atoms with van der Waals surface area (Å²) in [4.78, 5) is 11.0. The minimum Gasteiger partial charge on any atom is -0.493 e. The second-order valence-corrected chi connectivity index (χ2v) is 7.27. The van der Waals surface area contributed by atoms with E-state index in [2.05, 4.69) is 6.07 Å². The maximum atomic E-state index is 11.0. The Kier molecular flexibility index (Phi) is 6.96. The number of nitrogens with zero attached hydrogens (tertiary/aromatic N) is 1. The number of benzene rings is 3. The van der Waals surface area contributed by atoms with Crippen LogP contribution in [0.1, 0.15) is 32.6 Å². The van der Waals surface area contributed by atoms with Gasteiger partial charge in [0.2, 0.25) is 0 Å². The van der Waals surface area contributed by atoms with Crippen LogP contribution >= 0.6 is 11.6 Å². The van der Waals surface area contributed by atoms with Crippen molar-refractivity contribution < 1.29 is 19.4 Å². The van der Waals surface area contributed by atoms with Crippen LogP contribution in [0.15, 0.2) is 60.7 Å². The number of hydrogen-bond donors (Lipinski definition) is 1. The van der Waals surface area contributed by atoms with Gasteiger partial charge in [0, 0.05) is 0 Å². The van der Waals surface area contributed by atoms with E-state index < -0.39 is 5.97 Å². The van der Waals surface area contributed by atoms with Crippen molar-refractivity contribution in [3.05, 3.63) is 93.5 Å². The van der Waals surface area contributed by atoms with Gasteiger partial charge in [-0.05, 0) is 54.0 Å². The van der Waals surface area contributed by atoms with E-state index in [0.717, 1.165) is 5.56 Å². The number of allylic oxidation sites excluding steroid dienone is 1. The van der Waals surface area contributed by atoms with Crippen LogP contribution in [0.5, 0.6) is 11.5 Å². The topological polar surface area (TPSA) is 79.5 Å². The molecule has 3 aromatic carbocycles. The molecule has 1 N–H and O–H groups in total. The molecule has 0 atom stereocenters. The summed E-state index contributed by atoms with van der Waals surface area (Å²) in [6.45, 7) is 2.36. The zero-order valence-electron chi connectivity index (χ0n) is 17.1. The average Bonchev–Trinajstić information content (AvgIpc) is 2.77. The van der Waals surface area contributed by atoms with Crippen molar-refractivity contribution >= 4 is 29.2 Å². The lowest BCUT2D eigenvalue weighted by atomic mass is 10.0. The lowest BCUT2D eigenvalue weighted by Crippen LogP contribution is -1.99. The molecule has 0 aliphatic carbocycles. The number of nitriles is 1. The minimum absolute atomic E-state index is 0.154. The zero-order chi connectivity index (χ0) is 22.4. The SMILES string of the molecule is COc1cc(/C=C(/C#N)c2ccc(C(=O)O)cc2)cc(Cl)c1OCc1ccc(C)cc1. The normalized spacial score (nSPS) is 11.0. The number of methoxy groups -OCH3 is 1. The number of aryl methyl sites for hydroxylation is 1. The third-order valence-corrected chi connectivity index (χ3v) is 4.91. The molecule has 3 aromatic rings. The average molecular weight is 434 g/mol. The number of halogens is 1.